The van der Waals surface area contributed by atoms with Crippen molar-refractivity contribution in [3.63, 3.8) is 0 Å². The van der Waals surface area contributed by atoms with Crippen molar-refractivity contribution in [3.8, 4) is 0 Å². The number of carboxylic acids is 1. The number of benzene rings is 1. The van der Waals surface area contributed by atoms with Crippen LogP contribution in [0.4, 0.5) is 0 Å². The van der Waals surface area contributed by atoms with Gasteiger partial charge in [-0.25, -0.2) is 4.79 Å². The molecule has 4 atom stereocenters. The summed E-state index contributed by atoms with van der Waals surface area (Å²) in [6.07, 6.45) is 0.819. The van der Waals surface area contributed by atoms with Crippen molar-refractivity contribution in [2.45, 2.75) is 51.7 Å². The molecule has 0 bridgehead atoms. The van der Waals surface area contributed by atoms with E-state index in [2.05, 4.69) is 28.6 Å². The Morgan fingerprint density at radius 2 is 1.59 bits per heavy atom. The lowest BCUT2D eigenvalue weighted by Crippen LogP contribution is -2.57. The van der Waals surface area contributed by atoms with Crippen LogP contribution in [0, 0.1) is 5.92 Å². The lowest BCUT2D eigenvalue weighted by molar-refractivity contribution is -0.141. The molecule has 160 valence electrons. The number of rotatable bonds is 11. The van der Waals surface area contributed by atoms with Gasteiger partial charge >= 0.3 is 5.97 Å². The predicted molar refractivity (Wildman–Crippen MR) is 113 cm³/mol. The zero-order valence-electron chi connectivity index (χ0n) is 16.8. The molecule has 0 saturated heterocycles. The zero-order chi connectivity index (χ0) is 22.0. The van der Waals surface area contributed by atoms with E-state index in [4.69, 9.17) is 5.11 Å². The van der Waals surface area contributed by atoms with Crippen LogP contribution in [0.2, 0.25) is 0 Å². The van der Waals surface area contributed by atoms with Gasteiger partial charge in [0.2, 0.25) is 17.7 Å². The second-order valence-electron chi connectivity index (χ2n) is 6.90. The van der Waals surface area contributed by atoms with Gasteiger partial charge in [-0.2, -0.15) is 12.6 Å². The van der Waals surface area contributed by atoms with Gasteiger partial charge in [-0.1, -0.05) is 50.6 Å². The molecule has 8 nitrogen and oxygen atoms in total. The van der Waals surface area contributed by atoms with Crippen LogP contribution in [0.1, 0.15) is 32.8 Å². The number of carbonyl (C=O) groups excluding carboxylic acids is 3. The fourth-order valence-electron chi connectivity index (χ4n) is 2.70. The first kappa shape index (κ1) is 24.5. The summed E-state index contributed by atoms with van der Waals surface area (Å²) < 4.78 is 0. The summed E-state index contributed by atoms with van der Waals surface area (Å²) in [6.45, 7) is 5.04. The quantitative estimate of drug-likeness (QED) is 0.336. The van der Waals surface area contributed by atoms with Crippen molar-refractivity contribution in [1.29, 1.82) is 0 Å². The van der Waals surface area contributed by atoms with Crippen LogP contribution in [0.15, 0.2) is 30.3 Å². The maximum Gasteiger partial charge on any atom is 0.327 e. The summed E-state index contributed by atoms with van der Waals surface area (Å²) >= 11 is 3.95. The van der Waals surface area contributed by atoms with Gasteiger partial charge < -0.3 is 21.1 Å². The highest BCUT2D eigenvalue weighted by Gasteiger charge is 2.31. The third-order valence-electron chi connectivity index (χ3n) is 4.57. The second-order valence-corrected chi connectivity index (χ2v) is 7.26. The topological polar surface area (TPSA) is 125 Å². The summed E-state index contributed by atoms with van der Waals surface area (Å²) in [5.74, 6) is -2.93. The summed E-state index contributed by atoms with van der Waals surface area (Å²) in [4.78, 5) is 48.3. The highest BCUT2D eigenvalue weighted by atomic mass is 32.1. The first-order valence-electron chi connectivity index (χ1n) is 9.45. The second kappa shape index (κ2) is 12.1. The Bertz CT molecular complexity index is 713. The Morgan fingerprint density at radius 1 is 1.00 bits per heavy atom. The van der Waals surface area contributed by atoms with Crippen molar-refractivity contribution >= 4 is 36.3 Å². The summed E-state index contributed by atoms with van der Waals surface area (Å²) in [7, 11) is 0. The number of hydrogen-bond donors (Lipinski definition) is 5. The van der Waals surface area contributed by atoms with E-state index in [0.29, 0.717) is 6.42 Å². The molecular weight excluding hydrogens is 394 g/mol. The molecule has 0 aliphatic heterocycles. The average Bonchev–Trinajstić information content (AvgIpc) is 2.69. The molecule has 0 heterocycles. The van der Waals surface area contributed by atoms with Gasteiger partial charge in [-0.3, -0.25) is 14.4 Å². The van der Waals surface area contributed by atoms with Gasteiger partial charge in [0, 0.05) is 19.1 Å². The number of aliphatic carboxylic acids is 1. The Kier molecular flexibility index (Phi) is 10.2. The average molecular weight is 424 g/mol. The highest BCUT2D eigenvalue weighted by molar-refractivity contribution is 7.80. The summed E-state index contributed by atoms with van der Waals surface area (Å²) in [5, 5.41) is 16.9. The van der Waals surface area contributed by atoms with E-state index < -0.39 is 35.9 Å². The number of hydrogen-bond acceptors (Lipinski definition) is 5. The molecule has 9 heteroatoms. The molecule has 0 saturated carbocycles. The molecule has 1 aromatic carbocycles. The van der Waals surface area contributed by atoms with Crippen molar-refractivity contribution in [3.05, 3.63) is 35.9 Å². The van der Waals surface area contributed by atoms with E-state index in [1.807, 2.05) is 19.9 Å². The summed E-state index contributed by atoms with van der Waals surface area (Å²) in [5.41, 5.74) is 0.797. The molecular formula is C20H29N3O5S. The van der Waals surface area contributed by atoms with E-state index in [1.165, 1.54) is 6.92 Å². The normalized spacial score (nSPS) is 14.8. The molecule has 0 unspecified atom stereocenters. The number of amides is 3. The van der Waals surface area contributed by atoms with Crippen LogP contribution in [-0.2, 0) is 25.6 Å². The fourth-order valence-corrected chi connectivity index (χ4v) is 2.95. The maximum absolute atomic E-state index is 12.8. The number of carboxylic acid groups (broad SMARTS) is 1. The Morgan fingerprint density at radius 3 is 2.07 bits per heavy atom. The first-order chi connectivity index (χ1) is 13.7. The molecule has 1 rings (SSSR count). The third-order valence-corrected chi connectivity index (χ3v) is 4.93. The van der Waals surface area contributed by atoms with Crippen LogP contribution >= 0.6 is 12.6 Å². The Balaban J connectivity index is 3.05. The van der Waals surface area contributed by atoms with Crippen LogP contribution < -0.4 is 16.0 Å². The maximum atomic E-state index is 12.8. The van der Waals surface area contributed by atoms with Gasteiger partial charge in [0.1, 0.15) is 18.1 Å². The largest absolute Gasteiger partial charge is 0.480 e. The van der Waals surface area contributed by atoms with Crippen molar-refractivity contribution in [2.75, 3.05) is 5.75 Å². The SMILES string of the molecule is CC[C@H](C)[C@H](NC(C)=O)C(=O)N[C@@H](Cc1ccccc1)C(=O)N[C@@H](CS)C(=O)O. The molecule has 0 fully saturated rings. The Labute approximate surface area is 176 Å². The molecule has 0 radical (unpaired) electrons. The number of carbonyl (C=O) groups is 4. The van der Waals surface area contributed by atoms with Gasteiger partial charge in [-0.15, -0.1) is 0 Å². The van der Waals surface area contributed by atoms with E-state index in [0.717, 1.165) is 5.56 Å². The zero-order valence-corrected chi connectivity index (χ0v) is 17.7. The van der Waals surface area contributed by atoms with Crippen molar-refractivity contribution in [2.24, 2.45) is 5.92 Å². The van der Waals surface area contributed by atoms with Gasteiger partial charge in [0.05, 0.1) is 0 Å². The summed E-state index contributed by atoms with van der Waals surface area (Å²) in [6, 6.07) is 6.06. The monoisotopic (exact) mass is 423 g/mol. The van der Waals surface area contributed by atoms with E-state index >= 15 is 0 Å². The van der Waals surface area contributed by atoms with E-state index in [9.17, 15) is 19.2 Å². The standard InChI is InChI=1S/C20H29N3O5S/c1-4-12(2)17(21-13(3)24)19(26)22-15(10-14-8-6-5-7-9-14)18(25)23-16(11-29)20(27)28/h5-9,12,15-17,29H,4,10-11H2,1-3H3,(H,21,24)(H,22,26)(H,23,25)(H,27,28)/t12-,15-,16-,17-/m0/s1. The smallest absolute Gasteiger partial charge is 0.327 e. The van der Waals surface area contributed by atoms with E-state index in [-0.39, 0.29) is 24.0 Å². The molecule has 0 aliphatic carbocycles. The number of nitrogens with one attached hydrogen (secondary N) is 3. The van der Waals surface area contributed by atoms with Crippen LogP contribution in [-0.4, -0.2) is 52.7 Å². The fraction of sp³-hybridized carbons (Fsp3) is 0.500. The molecule has 3 amide bonds. The molecule has 0 spiro atoms. The minimum atomic E-state index is -1.21. The van der Waals surface area contributed by atoms with Gasteiger partial charge in [0.25, 0.3) is 0 Å². The minimum Gasteiger partial charge on any atom is -0.480 e. The van der Waals surface area contributed by atoms with Crippen molar-refractivity contribution < 1.29 is 24.3 Å². The van der Waals surface area contributed by atoms with Crippen LogP contribution in [0.3, 0.4) is 0 Å². The van der Waals surface area contributed by atoms with Crippen LogP contribution in [0.5, 0.6) is 0 Å². The molecule has 4 N–H and O–H groups in total. The molecule has 1 aromatic rings. The van der Waals surface area contributed by atoms with E-state index in [1.54, 1.807) is 24.3 Å². The minimum absolute atomic E-state index is 0.0888. The first-order valence-corrected chi connectivity index (χ1v) is 10.1. The van der Waals surface area contributed by atoms with Gasteiger partial charge in [0.15, 0.2) is 0 Å². The molecule has 29 heavy (non-hydrogen) atoms. The molecule has 0 aliphatic rings. The lowest BCUT2D eigenvalue weighted by atomic mass is 9.97. The Hall–Kier alpha value is -2.55. The molecule has 0 aromatic heterocycles. The predicted octanol–water partition coefficient (Wildman–Crippen LogP) is 0.764. The third kappa shape index (κ3) is 8.15. The number of thiol groups is 1. The highest BCUT2D eigenvalue weighted by Crippen LogP contribution is 2.10. The lowest BCUT2D eigenvalue weighted by Gasteiger charge is -2.26. The van der Waals surface area contributed by atoms with Crippen LogP contribution in [0.25, 0.3) is 0 Å². The van der Waals surface area contributed by atoms with Gasteiger partial charge in [-0.05, 0) is 11.5 Å². The van der Waals surface area contributed by atoms with Crippen molar-refractivity contribution in [1.82, 2.24) is 16.0 Å².